The van der Waals surface area contributed by atoms with E-state index >= 15 is 0 Å². The molecule has 0 saturated carbocycles. The van der Waals surface area contributed by atoms with Crippen LogP contribution in [0.3, 0.4) is 0 Å². The van der Waals surface area contributed by atoms with Gasteiger partial charge in [-0.2, -0.15) is 26.3 Å². The fraction of sp³-hybridized carbons (Fsp3) is 0.548. The highest BCUT2D eigenvalue weighted by molar-refractivity contribution is 7.92. The first kappa shape index (κ1) is 39.9. The first-order valence-corrected chi connectivity index (χ1v) is 19.3. The largest absolute Gasteiger partial charge is 0.486 e. The number of halogens is 6. The number of hydrogen-bond donors (Lipinski definition) is 2. The highest BCUT2D eigenvalue weighted by Gasteiger charge is 2.51. The first-order valence-electron chi connectivity index (χ1n) is 14.9. The van der Waals surface area contributed by atoms with E-state index in [9.17, 15) is 49.5 Å². The maximum Gasteiger partial charge on any atom is 0.427 e. The maximum atomic E-state index is 14.0. The monoisotopic (exact) mass is 742 g/mol. The minimum atomic E-state index is -4.92. The molecule has 0 fully saturated rings. The van der Waals surface area contributed by atoms with Gasteiger partial charge in [0.05, 0.1) is 28.1 Å². The highest BCUT2D eigenvalue weighted by atomic mass is 32.2. The summed E-state index contributed by atoms with van der Waals surface area (Å²) in [7, 11) is -7.27. The predicted octanol–water partition coefficient (Wildman–Crippen LogP) is 8.05. The van der Waals surface area contributed by atoms with Crippen molar-refractivity contribution in [3.8, 4) is 5.75 Å². The van der Waals surface area contributed by atoms with Crippen LogP contribution in [0.25, 0.3) is 0 Å². The van der Waals surface area contributed by atoms with E-state index in [2.05, 4.69) is 10.1 Å². The number of benzene rings is 2. The molecule has 0 bridgehead atoms. The van der Waals surface area contributed by atoms with Gasteiger partial charge < -0.3 is 19.0 Å². The van der Waals surface area contributed by atoms with Gasteiger partial charge in [0, 0.05) is 18.7 Å². The second kappa shape index (κ2) is 13.3. The number of amides is 1. The predicted molar refractivity (Wildman–Crippen MR) is 171 cm³/mol. The number of rotatable bonds is 10. The number of nitrogens with zero attached hydrogens (tertiary/aromatic N) is 1. The molecule has 10 nitrogen and oxygen atoms in total. The van der Waals surface area contributed by atoms with Crippen LogP contribution in [0.5, 0.6) is 5.75 Å². The van der Waals surface area contributed by atoms with Crippen LogP contribution in [0.4, 0.5) is 42.5 Å². The van der Waals surface area contributed by atoms with E-state index < -0.39 is 76.9 Å². The molecule has 0 unspecified atom stereocenters. The quantitative estimate of drug-likeness (QED) is 0.185. The smallest absolute Gasteiger partial charge is 0.427 e. The summed E-state index contributed by atoms with van der Waals surface area (Å²) in [6, 6.07) is 6.38. The van der Waals surface area contributed by atoms with Gasteiger partial charge in [0.25, 0.3) is 10.0 Å². The molecule has 18 heteroatoms. The Morgan fingerprint density at radius 2 is 1.61 bits per heavy atom. The van der Waals surface area contributed by atoms with Crippen molar-refractivity contribution in [2.45, 2.75) is 95.0 Å². The summed E-state index contributed by atoms with van der Waals surface area (Å²) in [5.41, 5.74) is -6.24. The van der Waals surface area contributed by atoms with E-state index in [1.165, 1.54) is 19.1 Å². The Labute approximate surface area is 281 Å². The van der Waals surface area contributed by atoms with E-state index in [0.717, 1.165) is 18.2 Å². The van der Waals surface area contributed by atoms with Gasteiger partial charge >= 0.3 is 24.4 Å². The minimum Gasteiger partial charge on any atom is -0.486 e. The number of anilines is 2. The van der Waals surface area contributed by atoms with Crippen molar-refractivity contribution in [2.75, 3.05) is 22.8 Å². The molecule has 274 valence electrons. The zero-order chi connectivity index (χ0) is 37.6. The van der Waals surface area contributed by atoms with Gasteiger partial charge in [-0.25, -0.2) is 13.2 Å². The molecule has 0 spiro atoms. The number of sulfonamides is 1. The number of hydrogen-bond acceptors (Lipinski definition) is 7. The average Bonchev–Trinajstić information content (AvgIpc) is 2.94. The molecule has 0 aliphatic carbocycles. The van der Waals surface area contributed by atoms with E-state index in [4.69, 9.17) is 9.16 Å². The standard InChI is InChI=1S/C31H40F6N2O8SSi/c1-27(2,3)49(7,8)45-18-29(6,25(40)41)16-21-17-39(48(43,44)22-11-9-10-19(14-22)30(32,33)34)23-15-20(12-13-24(23)46-21)38-26(42)47-28(4,5)31(35,36)37/h9-15,21H,16-18H2,1-8H3,(H,38,42)(H,40,41)/t21-,29-/m0/s1. The third-order valence-electron chi connectivity index (χ3n) is 8.67. The Bertz CT molecular complexity index is 1670. The molecule has 1 heterocycles. The van der Waals surface area contributed by atoms with Crippen molar-refractivity contribution in [1.82, 2.24) is 0 Å². The Kier molecular flexibility index (Phi) is 10.8. The van der Waals surface area contributed by atoms with Crippen molar-refractivity contribution in [2.24, 2.45) is 5.41 Å². The van der Waals surface area contributed by atoms with Gasteiger partial charge in [0.15, 0.2) is 8.32 Å². The van der Waals surface area contributed by atoms with Gasteiger partial charge in [-0.05, 0) is 75.3 Å². The molecule has 2 N–H and O–H groups in total. The molecular formula is C31H40F6N2O8SSi. The number of ether oxygens (including phenoxy) is 2. The molecule has 0 aromatic heterocycles. The van der Waals surface area contributed by atoms with Crippen LogP contribution in [-0.2, 0) is 30.2 Å². The number of carboxylic acid groups (broad SMARTS) is 1. The van der Waals surface area contributed by atoms with E-state index in [0.29, 0.717) is 30.3 Å². The Balaban J connectivity index is 2.06. The Morgan fingerprint density at radius 1 is 1.00 bits per heavy atom. The van der Waals surface area contributed by atoms with Crippen LogP contribution in [-0.4, -0.2) is 64.9 Å². The molecule has 0 saturated heterocycles. The zero-order valence-corrected chi connectivity index (χ0v) is 30.0. The molecule has 2 aromatic rings. The number of fused-ring (bicyclic) bond motifs is 1. The molecule has 0 radical (unpaired) electrons. The Morgan fingerprint density at radius 3 is 2.14 bits per heavy atom. The molecule has 1 aliphatic rings. The fourth-order valence-electron chi connectivity index (χ4n) is 4.38. The number of carbonyl (C=O) groups is 2. The van der Waals surface area contributed by atoms with Crippen molar-refractivity contribution in [1.29, 1.82) is 0 Å². The fourth-order valence-corrected chi connectivity index (χ4v) is 7.04. The number of carbonyl (C=O) groups excluding carboxylic acids is 1. The average molecular weight is 743 g/mol. The summed E-state index contributed by atoms with van der Waals surface area (Å²) in [4.78, 5) is 24.2. The molecule has 2 atom stereocenters. The maximum absolute atomic E-state index is 14.0. The van der Waals surface area contributed by atoms with Crippen LogP contribution in [0.1, 0.15) is 53.5 Å². The summed E-state index contributed by atoms with van der Waals surface area (Å²) in [5, 5.41) is 12.1. The summed E-state index contributed by atoms with van der Waals surface area (Å²) >= 11 is 0. The third kappa shape index (κ3) is 8.99. The topological polar surface area (TPSA) is 131 Å². The lowest BCUT2D eigenvalue weighted by Crippen LogP contribution is -2.49. The van der Waals surface area contributed by atoms with Crippen LogP contribution < -0.4 is 14.4 Å². The summed E-state index contributed by atoms with van der Waals surface area (Å²) in [6.07, 6.45) is -12.8. The van der Waals surface area contributed by atoms with Gasteiger partial charge in [-0.1, -0.05) is 26.8 Å². The summed E-state index contributed by atoms with van der Waals surface area (Å²) in [5.74, 6) is -1.41. The summed E-state index contributed by atoms with van der Waals surface area (Å²) < 4.78 is 126. The molecule has 49 heavy (non-hydrogen) atoms. The van der Waals surface area contributed by atoms with Gasteiger partial charge in [-0.15, -0.1) is 0 Å². The van der Waals surface area contributed by atoms with Gasteiger partial charge in [0.2, 0.25) is 5.60 Å². The number of nitrogens with one attached hydrogen (secondary N) is 1. The minimum absolute atomic E-state index is 0.153. The van der Waals surface area contributed by atoms with E-state index in [-0.39, 0.29) is 35.2 Å². The van der Waals surface area contributed by atoms with Crippen LogP contribution in [0.15, 0.2) is 47.4 Å². The lowest BCUT2D eigenvalue weighted by Gasteiger charge is -2.41. The molecule has 2 aromatic carbocycles. The normalized spacial score (nSPS) is 17.4. The van der Waals surface area contributed by atoms with Crippen LogP contribution in [0, 0.1) is 5.41 Å². The highest BCUT2D eigenvalue weighted by Crippen LogP contribution is 2.43. The molecule has 3 rings (SSSR count). The van der Waals surface area contributed by atoms with Gasteiger partial charge in [0.1, 0.15) is 11.9 Å². The molecule has 1 amide bonds. The number of aliphatic carboxylic acids is 1. The zero-order valence-electron chi connectivity index (χ0n) is 28.2. The van der Waals surface area contributed by atoms with Crippen LogP contribution in [0.2, 0.25) is 18.1 Å². The number of carboxylic acids is 1. The second-order valence-corrected chi connectivity index (χ2v) is 20.8. The SMILES string of the molecule is CC(C)(OC(=O)Nc1ccc2c(c1)N(S(=O)(=O)c1cccc(C(F)(F)F)c1)C[C@H](C[C@@](C)(CO[Si](C)(C)C(C)(C)C)C(=O)O)O2)C(F)(F)F. The van der Waals surface area contributed by atoms with E-state index in [1.807, 2.05) is 33.9 Å². The van der Waals surface area contributed by atoms with Crippen molar-refractivity contribution in [3.05, 3.63) is 48.0 Å². The second-order valence-electron chi connectivity index (χ2n) is 14.1. The van der Waals surface area contributed by atoms with Gasteiger partial charge in [-0.3, -0.25) is 14.4 Å². The molecular weight excluding hydrogens is 702 g/mol. The van der Waals surface area contributed by atoms with Crippen molar-refractivity contribution >= 4 is 41.8 Å². The lowest BCUT2D eigenvalue weighted by molar-refractivity contribution is -0.242. The summed E-state index contributed by atoms with van der Waals surface area (Å²) in [6.45, 7) is 11.6. The van der Waals surface area contributed by atoms with Crippen LogP contribution >= 0.6 is 0 Å². The Hall–Kier alpha value is -3.51. The third-order valence-corrected chi connectivity index (χ3v) is 14.9. The van der Waals surface area contributed by atoms with Crippen molar-refractivity contribution < 1.29 is 63.4 Å². The van der Waals surface area contributed by atoms with E-state index in [1.54, 1.807) is 0 Å². The lowest BCUT2D eigenvalue weighted by atomic mass is 9.85. The first-order chi connectivity index (χ1) is 22.0. The molecule has 1 aliphatic heterocycles. The number of alkyl halides is 6. The van der Waals surface area contributed by atoms with Crippen molar-refractivity contribution in [3.63, 3.8) is 0 Å².